The summed E-state index contributed by atoms with van der Waals surface area (Å²) < 4.78 is 14.9. The number of allylic oxidation sites excluding steroid dienone is 1. The molecule has 1 saturated heterocycles. The number of halogens is 1. The molecule has 0 saturated carbocycles. The Balaban J connectivity index is 0.00000533. The topological polar surface area (TPSA) is 193 Å². The fourth-order valence-electron chi connectivity index (χ4n) is 3.51. The first-order chi connectivity index (χ1) is 17.8. The number of hydrogen-bond acceptors (Lipinski definition) is 12. The van der Waals surface area contributed by atoms with Crippen LogP contribution in [0.3, 0.4) is 0 Å². The standard InChI is InChI=1S/C23H29N5O8S2.HI/c1-5-6-12(13-9-38-21(24)26-13)16(29)27-14-17(30)28-15(11(7-34-22(25)33)8-37-18(14)28)19(31)35-10-36-20(32)23(2,3)4;/h6,9,14,18H,5,7-8,10H2,1-4H3,(H2,24,26)(H2,25,33)(H,27,29);1H/b12-6+;. The molecule has 13 nitrogen and oxygen atoms in total. The highest BCUT2D eigenvalue weighted by Gasteiger charge is 2.54. The number of primary amides is 1. The van der Waals surface area contributed by atoms with Crippen LogP contribution in [-0.4, -0.2) is 70.3 Å². The molecule has 0 bridgehead atoms. The third-order valence-corrected chi connectivity index (χ3v) is 7.37. The maximum absolute atomic E-state index is 13.1. The molecule has 0 aromatic carbocycles. The Morgan fingerprint density at radius 3 is 2.49 bits per heavy atom. The molecule has 2 aliphatic rings. The fourth-order valence-corrected chi connectivity index (χ4v) is 5.40. The second kappa shape index (κ2) is 13.5. The number of nitrogens with zero attached hydrogens (tertiary/aromatic N) is 2. The van der Waals surface area contributed by atoms with Crippen molar-refractivity contribution in [3.8, 4) is 0 Å². The molecule has 3 rings (SSSR count). The normalized spacial score (nSPS) is 18.8. The number of hydrogen-bond donors (Lipinski definition) is 3. The van der Waals surface area contributed by atoms with Gasteiger partial charge >= 0.3 is 18.0 Å². The number of rotatable bonds is 9. The zero-order chi connectivity index (χ0) is 28.2. The van der Waals surface area contributed by atoms with Gasteiger partial charge in [-0.3, -0.25) is 19.3 Å². The van der Waals surface area contributed by atoms with E-state index in [2.05, 4.69) is 10.3 Å². The molecule has 2 atom stereocenters. The van der Waals surface area contributed by atoms with E-state index in [1.54, 1.807) is 32.2 Å². The maximum Gasteiger partial charge on any atom is 0.404 e. The molecule has 0 spiro atoms. The van der Waals surface area contributed by atoms with E-state index in [1.165, 1.54) is 23.1 Å². The Kier molecular flexibility index (Phi) is 11.2. The molecule has 16 heteroatoms. The Morgan fingerprint density at radius 1 is 1.23 bits per heavy atom. The minimum absolute atomic E-state index is 0. The third kappa shape index (κ3) is 7.63. The van der Waals surface area contributed by atoms with Gasteiger partial charge in [-0.15, -0.1) is 47.1 Å². The number of aromatic nitrogens is 1. The molecule has 39 heavy (non-hydrogen) atoms. The average Bonchev–Trinajstić information content (AvgIpc) is 3.28. The molecule has 3 heterocycles. The van der Waals surface area contributed by atoms with Gasteiger partial charge in [-0.05, 0) is 27.2 Å². The molecule has 3 amide bonds. The lowest BCUT2D eigenvalue weighted by Gasteiger charge is -2.49. The number of carbonyl (C=O) groups excluding carboxylic acids is 5. The summed E-state index contributed by atoms with van der Waals surface area (Å²) in [7, 11) is 0. The monoisotopic (exact) mass is 695 g/mol. The predicted octanol–water partition coefficient (Wildman–Crippen LogP) is 1.98. The van der Waals surface area contributed by atoms with E-state index in [1.807, 2.05) is 6.92 Å². The zero-order valence-corrected chi connectivity index (χ0v) is 25.6. The number of fused-ring (bicyclic) bond motifs is 1. The lowest BCUT2D eigenvalue weighted by atomic mass is 9.98. The van der Waals surface area contributed by atoms with Crippen LogP contribution in [0.2, 0.25) is 0 Å². The molecular weight excluding hydrogens is 665 g/mol. The van der Waals surface area contributed by atoms with Crippen LogP contribution < -0.4 is 16.8 Å². The first-order valence-corrected chi connectivity index (χ1v) is 13.4. The van der Waals surface area contributed by atoms with E-state index in [0.29, 0.717) is 17.2 Å². The van der Waals surface area contributed by atoms with Crippen LogP contribution in [0, 0.1) is 5.41 Å². The molecule has 0 aliphatic carbocycles. The van der Waals surface area contributed by atoms with Crippen molar-refractivity contribution in [3.05, 3.63) is 28.4 Å². The minimum atomic E-state index is -1.06. The summed E-state index contributed by atoms with van der Waals surface area (Å²) in [6, 6.07) is -0.941. The molecule has 2 unspecified atom stereocenters. The number of ether oxygens (including phenoxy) is 3. The molecule has 0 radical (unpaired) electrons. The number of esters is 2. The lowest BCUT2D eigenvalue weighted by Crippen LogP contribution is -2.70. The number of thioether (sulfide) groups is 1. The Hall–Kier alpha value is -2.86. The number of carbonyl (C=O) groups is 5. The zero-order valence-electron chi connectivity index (χ0n) is 21.7. The highest BCUT2D eigenvalue weighted by Crippen LogP contribution is 2.41. The van der Waals surface area contributed by atoms with E-state index >= 15 is 0 Å². The van der Waals surface area contributed by atoms with Crippen molar-refractivity contribution in [2.45, 2.75) is 45.5 Å². The van der Waals surface area contributed by atoms with Crippen molar-refractivity contribution >= 4 is 87.6 Å². The van der Waals surface area contributed by atoms with Crippen LogP contribution in [-0.2, 0) is 33.4 Å². The summed E-state index contributed by atoms with van der Waals surface area (Å²) in [6.45, 7) is 5.74. The number of thiazole rings is 1. The predicted molar refractivity (Wildman–Crippen MR) is 154 cm³/mol. The minimum Gasteiger partial charge on any atom is -0.445 e. The summed E-state index contributed by atoms with van der Waals surface area (Å²) in [5.41, 5.74) is 10.7. The van der Waals surface area contributed by atoms with Crippen molar-refractivity contribution in [1.29, 1.82) is 0 Å². The quantitative estimate of drug-likeness (QED) is 0.113. The fraction of sp³-hybridized carbons (Fsp3) is 0.478. The van der Waals surface area contributed by atoms with Gasteiger partial charge in [-0.25, -0.2) is 14.6 Å². The van der Waals surface area contributed by atoms with Gasteiger partial charge in [0.25, 0.3) is 11.8 Å². The number of nitrogen functional groups attached to an aromatic ring is 1. The lowest BCUT2D eigenvalue weighted by molar-refractivity contribution is -0.173. The van der Waals surface area contributed by atoms with Crippen molar-refractivity contribution in [3.63, 3.8) is 0 Å². The van der Waals surface area contributed by atoms with Gasteiger partial charge in [0.2, 0.25) is 6.79 Å². The summed E-state index contributed by atoms with van der Waals surface area (Å²) in [4.78, 5) is 67.6. The molecule has 2 aliphatic heterocycles. The Morgan fingerprint density at radius 2 is 1.92 bits per heavy atom. The highest BCUT2D eigenvalue weighted by atomic mass is 127. The van der Waals surface area contributed by atoms with Crippen LogP contribution in [0.4, 0.5) is 9.93 Å². The Bertz CT molecular complexity index is 1210. The smallest absolute Gasteiger partial charge is 0.404 e. The number of amides is 3. The molecule has 214 valence electrons. The van der Waals surface area contributed by atoms with Gasteiger partial charge in [0.15, 0.2) is 5.13 Å². The maximum atomic E-state index is 13.1. The van der Waals surface area contributed by atoms with E-state index in [0.717, 1.165) is 4.90 Å². The van der Waals surface area contributed by atoms with E-state index < -0.39 is 53.5 Å². The molecular formula is C23H30IN5O8S2. The van der Waals surface area contributed by atoms with Gasteiger partial charge in [0.05, 0.1) is 16.7 Å². The van der Waals surface area contributed by atoms with Crippen molar-refractivity contribution in [2.24, 2.45) is 11.1 Å². The molecule has 1 fully saturated rings. The van der Waals surface area contributed by atoms with Gasteiger partial charge in [0, 0.05) is 16.7 Å². The van der Waals surface area contributed by atoms with Gasteiger partial charge in [-0.1, -0.05) is 13.0 Å². The first-order valence-electron chi connectivity index (χ1n) is 11.5. The molecule has 5 N–H and O–H groups in total. The van der Waals surface area contributed by atoms with Gasteiger partial charge in [0.1, 0.15) is 23.7 Å². The van der Waals surface area contributed by atoms with Gasteiger partial charge < -0.3 is 31.0 Å². The summed E-state index contributed by atoms with van der Waals surface area (Å²) in [6.07, 6.45) is 1.17. The van der Waals surface area contributed by atoms with Crippen molar-refractivity contribution in [2.75, 3.05) is 24.9 Å². The van der Waals surface area contributed by atoms with Crippen LogP contribution in [0.1, 0.15) is 39.8 Å². The van der Waals surface area contributed by atoms with Crippen LogP contribution in [0.25, 0.3) is 5.57 Å². The van der Waals surface area contributed by atoms with Crippen LogP contribution in [0.15, 0.2) is 22.7 Å². The number of nitrogens with one attached hydrogen (secondary N) is 1. The summed E-state index contributed by atoms with van der Waals surface area (Å²) >= 11 is 2.45. The van der Waals surface area contributed by atoms with Crippen LogP contribution in [0.5, 0.6) is 0 Å². The number of β-lactam (4-membered cyclic amide) rings is 1. The van der Waals surface area contributed by atoms with E-state index in [4.69, 9.17) is 25.7 Å². The first kappa shape index (κ1) is 32.4. The summed E-state index contributed by atoms with van der Waals surface area (Å²) in [5.74, 6) is -2.45. The average molecular weight is 696 g/mol. The Labute approximate surface area is 250 Å². The number of nitrogens with two attached hydrogens (primary N) is 2. The second-order valence-corrected chi connectivity index (χ2v) is 11.2. The van der Waals surface area contributed by atoms with Crippen molar-refractivity contribution < 1.29 is 38.2 Å². The van der Waals surface area contributed by atoms with Crippen LogP contribution >= 0.6 is 47.1 Å². The van der Waals surface area contributed by atoms with E-state index in [9.17, 15) is 24.0 Å². The van der Waals surface area contributed by atoms with Crippen molar-refractivity contribution in [1.82, 2.24) is 15.2 Å². The number of anilines is 1. The largest absolute Gasteiger partial charge is 0.445 e. The summed E-state index contributed by atoms with van der Waals surface area (Å²) in [5, 5.41) is 4.03. The SMILES string of the molecule is CC/C=C(/C(=O)NC1C(=O)N2C(C(=O)OCOC(=O)C(C)(C)C)=C(COC(N)=O)CSC12)c1csc(N)n1.I. The van der Waals surface area contributed by atoms with E-state index in [-0.39, 0.29) is 53.2 Å². The molecule has 1 aromatic heterocycles. The molecule has 1 aromatic rings. The third-order valence-electron chi connectivity index (χ3n) is 5.36. The second-order valence-electron chi connectivity index (χ2n) is 9.25. The highest BCUT2D eigenvalue weighted by molar-refractivity contribution is 14.0. The van der Waals surface area contributed by atoms with Gasteiger partial charge in [-0.2, -0.15) is 0 Å².